The molecule has 2 rings (SSSR count). The molecule has 1 amide bonds. The molecule has 2 heterocycles. The predicted molar refractivity (Wildman–Crippen MR) is 98.1 cm³/mol. The van der Waals surface area contributed by atoms with Gasteiger partial charge in [-0.1, -0.05) is 19.9 Å². The van der Waals surface area contributed by atoms with Crippen molar-refractivity contribution < 1.29 is 4.79 Å². The molecule has 1 aromatic heterocycles. The van der Waals surface area contributed by atoms with Crippen LogP contribution in [-0.2, 0) is 4.79 Å². The number of hydrogen-bond acceptors (Lipinski definition) is 3. The summed E-state index contributed by atoms with van der Waals surface area (Å²) in [4.78, 5) is 22.8. The van der Waals surface area contributed by atoms with Crippen LogP contribution >= 0.6 is 0 Å². The highest BCUT2D eigenvalue weighted by molar-refractivity contribution is 5.90. The van der Waals surface area contributed by atoms with Gasteiger partial charge < -0.3 is 15.5 Å². The number of carbonyl (C=O) groups excluding carboxylic acids is 1. The van der Waals surface area contributed by atoms with Crippen LogP contribution < -0.4 is 10.6 Å². The fourth-order valence-corrected chi connectivity index (χ4v) is 2.73. The summed E-state index contributed by atoms with van der Waals surface area (Å²) >= 11 is 0. The second-order valence-electron chi connectivity index (χ2n) is 7.52. The van der Waals surface area contributed by atoms with Crippen molar-refractivity contribution in [3.8, 4) is 0 Å². The van der Waals surface area contributed by atoms with Crippen molar-refractivity contribution in [1.82, 2.24) is 15.2 Å². The molecule has 1 aliphatic heterocycles. The molecule has 0 radical (unpaired) electrons. The van der Waals surface area contributed by atoms with E-state index < -0.39 is 0 Å². The Morgan fingerprint density at radius 2 is 2.04 bits per heavy atom. The highest BCUT2D eigenvalue weighted by atomic mass is 16.1. The maximum Gasteiger partial charge on any atom is 0.227 e. The van der Waals surface area contributed by atoms with E-state index in [4.69, 9.17) is 0 Å². The largest absolute Gasteiger partial charge is 0.356 e. The zero-order valence-electron chi connectivity index (χ0n) is 15.6. The van der Waals surface area contributed by atoms with Gasteiger partial charge in [-0.05, 0) is 32.4 Å². The van der Waals surface area contributed by atoms with E-state index in [0.717, 1.165) is 18.1 Å². The fraction of sp³-hybridized carbons (Fsp3) is 0.611. The molecule has 0 aliphatic carbocycles. The number of aromatic nitrogens is 1. The van der Waals surface area contributed by atoms with E-state index in [-0.39, 0.29) is 16.9 Å². The third-order valence-electron chi connectivity index (χ3n) is 5.17. The number of carbonyl (C=O) groups is 1. The molecule has 0 bridgehead atoms. The maximum atomic E-state index is 12.0. The van der Waals surface area contributed by atoms with Gasteiger partial charge in [0.15, 0.2) is 5.96 Å². The van der Waals surface area contributed by atoms with Crippen LogP contribution in [0.3, 0.4) is 0 Å². The summed E-state index contributed by atoms with van der Waals surface area (Å²) in [7, 11) is 1.78. The minimum absolute atomic E-state index is 0.0446. The third-order valence-corrected chi connectivity index (χ3v) is 5.17. The van der Waals surface area contributed by atoms with Crippen molar-refractivity contribution in [3.63, 3.8) is 0 Å². The number of anilines is 1. The SMILES string of the molecule is CN=C(NCCC(=O)Nc1ccc(C)cn1)N1CC(C)(C)C1(C)C. The van der Waals surface area contributed by atoms with Crippen LogP contribution in [0.2, 0.25) is 0 Å². The van der Waals surface area contributed by atoms with Gasteiger partial charge in [0, 0.05) is 43.7 Å². The quantitative estimate of drug-likeness (QED) is 0.657. The predicted octanol–water partition coefficient (Wildman–Crippen LogP) is 2.41. The van der Waals surface area contributed by atoms with Crippen LogP contribution in [0, 0.1) is 12.3 Å². The summed E-state index contributed by atoms with van der Waals surface area (Å²) < 4.78 is 0. The van der Waals surface area contributed by atoms with Crippen LogP contribution in [0.25, 0.3) is 0 Å². The van der Waals surface area contributed by atoms with E-state index >= 15 is 0 Å². The topological polar surface area (TPSA) is 69.6 Å². The highest BCUT2D eigenvalue weighted by Crippen LogP contribution is 2.46. The first-order valence-corrected chi connectivity index (χ1v) is 8.38. The molecule has 0 spiro atoms. The first-order chi connectivity index (χ1) is 11.2. The summed E-state index contributed by atoms with van der Waals surface area (Å²) in [5, 5.41) is 6.09. The van der Waals surface area contributed by atoms with E-state index in [9.17, 15) is 4.79 Å². The molecule has 0 aromatic carbocycles. The molecule has 1 saturated heterocycles. The number of pyridine rings is 1. The number of guanidine groups is 1. The molecule has 0 saturated carbocycles. The smallest absolute Gasteiger partial charge is 0.227 e. The van der Waals surface area contributed by atoms with E-state index in [2.05, 4.69) is 53.2 Å². The molecule has 24 heavy (non-hydrogen) atoms. The molecule has 1 aromatic rings. The molecule has 0 unspecified atom stereocenters. The van der Waals surface area contributed by atoms with Crippen LogP contribution in [0.5, 0.6) is 0 Å². The maximum absolute atomic E-state index is 12.0. The van der Waals surface area contributed by atoms with Crippen LogP contribution in [0.4, 0.5) is 5.82 Å². The van der Waals surface area contributed by atoms with Crippen molar-refractivity contribution in [2.45, 2.75) is 46.6 Å². The minimum Gasteiger partial charge on any atom is -0.356 e. The number of nitrogens with one attached hydrogen (secondary N) is 2. The Morgan fingerprint density at radius 3 is 2.54 bits per heavy atom. The van der Waals surface area contributed by atoms with Gasteiger partial charge in [0.25, 0.3) is 0 Å². The van der Waals surface area contributed by atoms with Crippen molar-refractivity contribution in [2.75, 3.05) is 25.5 Å². The average molecular weight is 331 g/mol. The van der Waals surface area contributed by atoms with E-state index in [0.29, 0.717) is 18.8 Å². The fourth-order valence-electron chi connectivity index (χ4n) is 2.73. The lowest BCUT2D eigenvalue weighted by Crippen LogP contribution is -2.72. The Labute approximate surface area is 144 Å². The normalized spacial score (nSPS) is 18.8. The molecule has 6 heteroatoms. The van der Waals surface area contributed by atoms with Gasteiger partial charge in [0.1, 0.15) is 5.82 Å². The molecule has 1 aliphatic rings. The number of aryl methyl sites for hydroxylation is 1. The number of likely N-dealkylation sites (tertiary alicyclic amines) is 1. The Kier molecular flexibility index (Phi) is 5.16. The van der Waals surface area contributed by atoms with Crippen LogP contribution in [-0.4, -0.2) is 47.4 Å². The average Bonchev–Trinajstić information content (AvgIpc) is 2.52. The molecule has 2 N–H and O–H groups in total. The first kappa shape index (κ1) is 18.2. The first-order valence-electron chi connectivity index (χ1n) is 8.38. The van der Waals surface area contributed by atoms with Gasteiger partial charge in [0.2, 0.25) is 5.91 Å². The summed E-state index contributed by atoms with van der Waals surface area (Å²) in [6.45, 7) is 12.4. The lowest BCUT2D eigenvalue weighted by atomic mass is 9.65. The summed E-state index contributed by atoms with van der Waals surface area (Å²) in [6, 6.07) is 3.74. The second-order valence-corrected chi connectivity index (χ2v) is 7.52. The van der Waals surface area contributed by atoms with Gasteiger partial charge in [0.05, 0.1) is 0 Å². The lowest BCUT2D eigenvalue weighted by Gasteiger charge is -2.62. The van der Waals surface area contributed by atoms with Crippen molar-refractivity contribution in [2.24, 2.45) is 10.4 Å². The van der Waals surface area contributed by atoms with Crippen LogP contribution in [0.1, 0.15) is 39.7 Å². The van der Waals surface area contributed by atoms with Gasteiger partial charge in [-0.15, -0.1) is 0 Å². The second kappa shape index (κ2) is 6.79. The number of nitrogens with zero attached hydrogens (tertiary/aromatic N) is 3. The number of aliphatic imine (C=N–C) groups is 1. The molecular formula is C18H29N5O. The van der Waals surface area contributed by atoms with Crippen molar-refractivity contribution >= 4 is 17.7 Å². The third kappa shape index (κ3) is 3.68. The van der Waals surface area contributed by atoms with Crippen molar-refractivity contribution in [3.05, 3.63) is 23.9 Å². The zero-order chi connectivity index (χ0) is 18.0. The summed E-state index contributed by atoms with van der Waals surface area (Å²) in [5.41, 5.74) is 1.36. The molecule has 132 valence electrons. The van der Waals surface area contributed by atoms with Crippen LogP contribution in [0.15, 0.2) is 23.3 Å². The van der Waals surface area contributed by atoms with Gasteiger partial charge in [-0.2, -0.15) is 0 Å². The van der Waals surface area contributed by atoms with Crippen molar-refractivity contribution in [1.29, 1.82) is 0 Å². The molecule has 1 fully saturated rings. The Bertz CT molecular complexity index is 619. The zero-order valence-corrected chi connectivity index (χ0v) is 15.6. The van der Waals surface area contributed by atoms with Gasteiger partial charge in [-0.3, -0.25) is 9.79 Å². The summed E-state index contributed by atoms with van der Waals surface area (Å²) in [5.74, 6) is 1.37. The molecule has 6 nitrogen and oxygen atoms in total. The Morgan fingerprint density at radius 1 is 1.33 bits per heavy atom. The molecule has 0 atom stereocenters. The lowest BCUT2D eigenvalue weighted by molar-refractivity contribution is -0.116. The van der Waals surface area contributed by atoms with Gasteiger partial charge >= 0.3 is 0 Å². The number of hydrogen-bond donors (Lipinski definition) is 2. The molecular weight excluding hydrogens is 302 g/mol. The Balaban J connectivity index is 1.80. The monoisotopic (exact) mass is 331 g/mol. The van der Waals surface area contributed by atoms with Gasteiger partial charge in [-0.25, -0.2) is 4.98 Å². The highest BCUT2D eigenvalue weighted by Gasteiger charge is 2.53. The van der Waals surface area contributed by atoms with E-state index in [1.807, 2.05) is 19.1 Å². The summed E-state index contributed by atoms with van der Waals surface area (Å²) in [6.07, 6.45) is 2.11. The van der Waals surface area contributed by atoms with E-state index in [1.165, 1.54) is 0 Å². The number of amides is 1. The van der Waals surface area contributed by atoms with E-state index in [1.54, 1.807) is 13.2 Å². The standard InChI is InChI=1S/C18H29N5O/c1-13-7-8-14(21-11-13)22-15(24)9-10-20-16(19-6)23-12-17(2,3)18(23,4)5/h7-8,11H,9-10,12H2,1-6H3,(H,19,20)(H,21,22,24). The number of rotatable bonds is 4. The Hall–Kier alpha value is -2.11. The minimum atomic E-state index is -0.0579.